The van der Waals surface area contributed by atoms with Crippen molar-refractivity contribution in [1.82, 2.24) is 9.97 Å². The Balaban J connectivity index is 1.70. The third-order valence-electron chi connectivity index (χ3n) is 4.54. The van der Waals surface area contributed by atoms with Gasteiger partial charge in [-0.2, -0.15) is 5.26 Å². The molecule has 2 heterocycles. The summed E-state index contributed by atoms with van der Waals surface area (Å²) in [5, 5.41) is 12.4. The van der Waals surface area contributed by atoms with Crippen LogP contribution in [0.1, 0.15) is 23.9 Å². The Morgan fingerprint density at radius 3 is 2.81 bits per heavy atom. The van der Waals surface area contributed by atoms with Gasteiger partial charge in [-0.25, -0.2) is 9.97 Å². The number of fused-ring (bicyclic) bond motifs is 1. The predicted molar refractivity (Wildman–Crippen MR) is 103 cm³/mol. The first-order valence-electron chi connectivity index (χ1n) is 8.64. The molecule has 0 spiro atoms. The van der Waals surface area contributed by atoms with E-state index in [0.29, 0.717) is 17.4 Å². The summed E-state index contributed by atoms with van der Waals surface area (Å²) in [5.74, 6) is 2.31. The minimum atomic E-state index is 0.344. The zero-order chi connectivity index (χ0) is 18.1. The second-order valence-corrected chi connectivity index (χ2v) is 6.53. The normalized spacial score (nSPS) is 15.4. The highest BCUT2D eigenvalue weighted by molar-refractivity contribution is 5.71. The van der Waals surface area contributed by atoms with Gasteiger partial charge in [0.2, 0.25) is 0 Å². The number of nitrogens with zero attached hydrogens (tertiary/aromatic N) is 4. The van der Waals surface area contributed by atoms with Crippen molar-refractivity contribution in [2.24, 2.45) is 0 Å². The molecule has 0 saturated carbocycles. The lowest BCUT2D eigenvalue weighted by Gasteiger charge is -2.24. The van der Waals surface area contributed by atoms with E-state index in [0.717, 1.165) is 23.7 Å². The molecule has 2 aromatic carbocycles. The highest BCUT2D eigenvalue weighted by Crippen LogP contribution is 2.37. The van der Waals surface area contributed by atoms with Crippen LogP contribution >= 0.6 is 0 Å². The summed E-state index contributed by atoms with van der Waals surface area (Å²) in [5.41, 5.74) is 3.99. The summed E-state index contributed by atoms with van der Waals surface area (Å²) in [6, 6.07) is 20.3. The Morgan fingerprint density at radius 1 is 1.12 bits per heavy atom. The van der Waals surface area contributed by atoms with Crippen molar-refractivity contribution in [3.05, 3.63) is 71.5 Å². The van der Waals surface area contributed by atoms with Crippen LogP contribution in [0.25, 0.3) is 0 Å². The SMILES string of the molecule is Cc1nc(Nc2cccc(C#N)c2)cc(N2c3ccccc3CC2C)n1. The van der Waals surface area contributed by atoms with Crippen molar-refractivity contribution < 1.29 is 0 Å². The molecule has 1 aliphatic heterocycles. The molecule has 1 N–H and O–H groups in total. The van der Waals surface area contributed by atoms with E-state index in [1.807, 2.05) is 31.2 Å². The number of hydrogen-bond donors (Lipinski definition) is 1. The number of nitrogens with one attached hydrogen (secondary N) is 1. The van der Waals surface area contributed by atoms with Gasteiger partial charge < -0.3 is 10.2 Å². The molecule has 1 aliphatic rings. The van der Waals surface area contributed by atoms with Crippen molar-refractivity contribution >= 4 is 23.0 Å². The van der Waals surface area contributed by atoms with Crippen LogP contribution in [0.2, 0.25) is 0 Å². The molecule has 0 bridgehead atoms. The molecule has 1 unspecified atom stereocenters. The smallest absolute Gasteiger partial charge is 0.139 e. The van der Waals surface area contributed by atoms with Crippen molar-refractivity contribution in [1.29, 1.82) is 5.26 Å². The first-order chi connectivity index (χ1) is 12.6. The van der Waals surface area contributed by atoms with Crippen molar-refractivity contribution in [2.75, 3.05) is 10.2 Å². The number of para-hydroxylation sites is 1. The van der Waals surface area contributed by atoms with E-state index in [1.165, 1.54) is 11.3 Å². The van der Waals surface area contributed by atoms with Gasteiger partial charge in [0.1, 0.15) is 17.5 Å². The van der Waals surface area contributed by atoms with Crippen LogP contribution < -0.4 is 10.2 Å². The Bertz CT molecular complexity index is 1010. The zero-order valence-electron chi connectivity index (χ0n) is 14.8. The predicted octanol–water partition coefficient (Wildman–Crippen LogP) is 4.48. The van der Waals surface area contributed by atoms with Crippen molar-refractivity contribution in [2.45, 2.75) is 26.3 Å². The summed E-state index contributed by atoms with van der Waals surface area (Å²) in [6.45, 7) is 4.11. The summed E-state index contributed by atoms with van der Waals surface area (Å²) in [6.07, 6.45) is 1.01. The fraction of sp³-hybridized carbons (Fsp3) is 0.190. The maximum absolute atomic E-state index is 9.07. The summed E-state index contributed by atoms with van der Waals surface area (Å²) < 4.78 is 0. The number of nitriles is 1. The van der Waals surface area contributed by atoms with Gasteiger partial charge in [-0.1, -0.05) is 24.3 Å². The van der Waals surface area contributed by atoms with E-state index in [-0.39, 0.29) is 0 Å². The standard InChI is InChI=1S/C21H19N5/c1-14-10-17-7-3-4-9-19(17)26(14)21-12-20(23-15(2)24-21)25-18-8-5-6-16(11-18)13-22/h3-9,11-12,14H,10H2,1-2H3,(H,23,24,25). The molecule has 0 fully saturated rings. The monoisotopic (exact) mass is 341 g/mol. The second-order valence-electron chi connectivity index (χ2n) is 6.53. The van der Waals surface area contributed by atoms with Gasteiger partial charge in [0, 0.05) is 23.5 Å². The van der Waals surface area contributed by atoms with Gasteiger partial charge in [0.15, 0.2) is 0 Å². The number of benzene rings is 2. The first kappa shape index (κ1) is 16.1. The minimum Gasteiger partial charge on any atom is -0.340 e. The third kappa shape index (κ3) is 2.98. The number of aryl methyl sites for hydroxylation is 1. The van der Waals surface area contributed by atoms with Crippen LogP contribution in [0, 0.1) is 18.3 Å². The summed E-state index contributed by atoms with van der Waals surface area (Å²) in [7, 11) is 0. The Morgan fingerprint density at radius 2 is 1.96 bits per heavy atom. The van der Waals surface area contributed by atoms with Crippen LogP contribution in [0.3, 0.4) is 0 Å². The van der Waals surface area contributed by atoms with Gasteiger partial charge in [-0.05, 0) is 50.1 Å². The Labute approximate surface area is 153 Å². The summed E-state index contributed by atoms with van der Waals surface area (Å²) in [4.78, 5) is 11.4. The average molecular weight is 341 g/mol. The van der Waals surface area contributed by atoms with E-state index < -0.39 is 0 Å². The largest absolute Gasteiger partial charge is 0.340 e. The quantitative estimate of drug-likeness (QED) is 0.761. The molecular formula is C21H19N5. The lowest BCUT2D eigenvalue weighted by molar-refractivity contribution is 0.747. The fourth-order valence-electron chi connectivity index (χ4n) is 3.47. The van der Waals surface area contributed by atoms with E-state index in [4.69, 9.17) is 5.26 Å². The number of rotatable bonds is 3. The number of anilines is 4. The van der Waals surface area contributed by atoms with E-state index >= 15 is 0 Å². The lowest BCUT2D eigenvalue weighted by atomic mass is 10.1. The topological polar surface area (TPSA) is 64.8 Å². The van der Waals surface area contributed by atoms with Gasteiger partial charge in [0.05, 0.1) is 11.6 Å². The van der Waals surface area contributed by atoms with Crippen LogP contribution in [0.5, 0.6) is 0 Å². The molecular weight excluding hydrogens is 322 g/mol. The summed E-state index contributed by atoms with van der Waals surface area (Å²) >= 11 is 0. The van der Waals surface area contributed by atoms with Gasteiger partial charge in [-0.15, -0.1) is 0 Å². The molecule has 0 aliphatic carbocycles. The maximum Gasteiger partial charge on any atom is 0.139 e. The van der Waals surface area contributed by atoms with Gasteiger partial charge in [0.25, 0.3) is 0 Å². The third-order valence-corrected chi connectivity index (χ3v) is 4.54. The van der Waals surface area contributed by atoms with Crippen LogP contribution in [0.15, 0.2) is 54.6 Å². The molecule has 5 heteroatoms. The molecule has 26 heavy (non-hydrogen) atoms. The van der Waals surface area contributed by atoms with Crippen LogP contribution in [-0.2, 0) is 6.42 Å². The molecule has 5 nitrogen and oxygen atoms in total. The molecule has 0 amide bonds. The highest BCUT2D eigenvalue weighted by Gasteiger charge is 2.28. The Kier molecular flexibility index (Phi) is 4.02. The average Bonchev–Trinajstić information content (AvgIpc) is 2.97. The molecule has 128 valence electrons. The Hall–Kier alpha value is -3.39. The maximum atomic E-state index is 9.07. The zero-order valence-corrected chi connectivity index (χ0v) is 14.8. The van der Waals surface area contributed by atoms with Crippen molar-refractivity contribution in [3.63, 3.8) is 0 Å². The first-order valence-corrected chi connectivity index (χ1v) is 8.64. The number of aromatic nitrogens is 2. The molecule has 1 aromatic heterocycles. The second kappa shape index (κ2) is 6.49. The van der Waals surface area contributed by atoms with Gasteiger partial charge >= 0.3 is 0 Å². The molecule has 0 saturated heterocycles. The molecule has 0 radical (unpaired) electrons. The van der Waals surface area contributed by atoms with E-state index in [2.05, 4.69) is 57.4 Å². The van der Waals surface area contributed by atoms with Crippen molar-refractivity contribution in [3.8, 4) is 6.07 Å². The fourth-order valence-corrected chi connectivity index (χ4v) is 3.47. The molecule has 3 aromatic rings. The highest BCUT2D eigenvalue weighted by atomic mass is 15.2. The number of hydrogen-bond acceptors (Lipinski definition) is 5. The van der Waals surface area contributed by atoms with Crippen LogP contribution in [0.4, 0.5) is 23.0 Å². The van der Waals surface area contributed by atoms with E-state index in [9.17, 15) is 0 Å². The minimum absolute atomic E-state index is 0.344. The van der Waals surface area contributed by atoms with Crippen LogP contribution in [-0.4, -0.2) is 16.0 Å². The van der Waals surface area contributed by atoms with E-state index in [1.54, 1.807) is 6.07 Å². The van der Waals surface area contributed by atoms with Gasteiger partial charge in [-0.3, -0.25) is 0 Å². The lowest BCUT2D eigenvalue weighted by Crippen LogP contribution is -2.25. The molecule has 1 atom stereocenters. The molecule has 4 rings (SSSR count).